The van der Waals surface area contributed by atoms with Crippen molar-refractivity contribution in [2.75, 3.05) is 44.6 Å². The second-order valence-corrected chi connectivity index (χ2v) is 8.28. The van der Waals surface area contributed by atoms with Crippen LogP contribution in [0.1, 0.15) is 35.7 Å². The predicted molar refractivity (Wildman–Crippen MR) is 128 cm³/mol. The zero-order valence-corrected chi connectivity index (χ0v) is 19.5. The van der Waals surface area contributed by atoms with E-state index in [1.165, 1.54) is 0 Å². The fourth-order valence-corrected chi connectivity index (χ4v) is 4.08. The number of anilines is 1. The smallest absolute Gasteiger partial charge is 0.321 e. The number of amides is 3. The highest BCUT2D eigenvalue weighted by molar-refractivity contribution is 5.97. The van der Waals surface area contributed by atoms with Gasteiger partial charge < -0.3 is 19.5 Å². The molecule has 1 saturated heterocycles. The number of oxazole rings is 1. The van der Waals surface area contributed by atoms with Gasteiger partial charge in [-0.2, -0.15) is 0 Å². The summed E-state index contributed by atoms with van der Waals surface area (Å²) >= 11 is 0. The van der Waals surface area contributed by atoms with Gasteiger partial charge in [0.05, 0.1) is 6.54 Å². The molecule has 1 fully saturated rings. The molecule has 1 N–H and O–H groups in total. The Hall–Kier alpha value is -3.39. The Morgan fingerprint density at radius 1 is 1.06 bits per heavy atom. The van der Waals surface area contributed by atoms with Crippen LogP contribution < -0.4 is 5.32 Å². The van der Waals surface area contributed by atoms with Gasteiger partial charge in [-0.1, -0.05) is 18.2 Å². The molecular formula is C25H31N5O3. The molecule has 3 aromatic rings. The number of hydrogen-bond donors (Lipinski definition) is 1. The third kappa shape index (κ3) is 5.17. The number of aromatic nitrogens is 1. The Morgan fingerprint density at radius 2 is 1.79 bits per heavy atom. The predicted octanol–water partition coefficient (Wildman–Crippen LogP) is 3.97. The van der Waals surface area contributed by atoms with E-state index in [9.17, 15) is 9.59 Å². The lowest BCUT2D eigenvalue weighted by atomic mass is 10.2. The normalized spacial score (nSPS) is 14.5. The van der Waals surface area contributed by atoms with Crippen LogP contribution in [-0.4, -0.2) is 70.9 Å². The molecule has 1 aliphatic rings. The van der Waals surface area contributed by atoms with Crippen LogP contribution in [-0.2, 0) is 6.54 Å². The summed E-state index contributed by atoms with van der Waals surface area (Å²) in [6.07, 6.45) is 0. The molecule has 0 saturated carbocycles. The summed E-state index contributed by atoms with van der Waals surface area (Å²) in [6.45, 7) is 10.6. The van der Waals surface area contributed by atoms with Crippen molar-refractivity contribution in [1.82, 2.24) is 19.7 Å². The minimum atomic E-state index is -0.0730. The van der Waals surface area contributed by atoms with E-state index in [0.29, 0.717) is 55.3 Å². The standard InChI is InChI=1S/C25H31N5O3/c1-4-29(5-2)24(31)19-10-11-22-21(16-19)26-23(33-22)17-28-12-14-30(15-13-28)25(32)27-20-9-7-6-8-18(20)3/h6-11,16H,4-5,12-15,17H2,1-3H3,(H,27,32). The van der Waals surface area contributed by atoms with E-state index in [1.807, 2.05) is 56.0 Å². The zero-order chi connectivity index (χ0) is 23.4. The molecule has 0 unspecified atom stereocenters. The van der Waals surface area contributed by atoms with Gasteiger partial charge in [0.15, 0.2) is 5.58 Å². The van der Waals surface area contributed by atoms with E-state index in [0.717, 1.165) is 24.3 Å². The topological polar surface area (TPSA) is 81.9 Å². The summed E-state index contributed by atoms with van der Waals surface area (Å²) in [5.74, 6) is 0.627. The van der Waals surface area contributed by atoms with Gasteiger partial charge in [-0.05, 0) is 50.6 Å². The molecule has 8 nitrogen and oxygen atoms in total. The Bertz CT molecular complexity index is 1130. The van der Waals surface area contributed by atoms with E-state index in [-0.39, 0.29) is 11.9 Å². The van der Waals surface area contributed by atoms with Gasteiger partial charge in [-0.3, -0.25) is 9.69 Å². The first-order valence-corrected chi connectivity index (χ1v) is 11.5. The molecule has 2 heterocycles. The van der Waals surface area contributed by atoms with Crippen LogP contribution in [0.4, 0.5) is 10.5 Å². The first-order valence-electron chi connectivity index (χ1n) is 11.5. The van der Waals surface area contributed by atoms with Crippen molar-refractivity contribution in [3.8, 4) is 0 Å². The lowest BCUT2D eigenvalue weighted by Crippen LogP contribution is -2.49. The number of nitrogens with one attached hydrogen (secondary N) is 1. The fourth-order valence-electron chi connectivity index (χ4n) is 4.08. The van der Waals surface area contributed by atoms with Crippen LogP contribution in [0, 0.1) is 6.92 Å². The van der Waals surface area contributed by atoms with Gasteiger partial charge in [0, 0.05) is 50.5 Å². The number of hydrogen-bond acceptors (Lipinski definition) is 5. The van der Waals surface area contributed by atoms with E-state index in [1.54, 1.807) is 17.0 Å². The van der Waals surface area contributed by atoms with Gasteiger partial charge in [0.25, 0.3) is 5.91 Å². The molecule has 0 radical (unpaired) electrons. The molecule has 0 aliphatic carbocycles. The molecule has 4 rings (SSSR count). The summed E-state index contributed by atoms with van der Waals surface area (Å²) in [6, 6.07) is 13.1. The number of nitrogens with zero attached hydrogens (tertiary/aromatic N) is 4. The average molecular weight is 450 g/mol. The van der Waals surface area contributed by atoms with Gasteiger partial charge in [0.1, 0.15) is 5.52 Å². The third-order valence-electron chi connectivity index (χ3n) is 6.13. The summed E-state index contributed by atoms with van der Waals surface area (Å²) in [5.41, 5.74) is 3.88. The molecule has 174 valence electrons. The Kier molecular flexibility index (Phi) is 6.93. The van der Waals surface area contributed by atoms with E-state index in [4.69, 9.17) is 4.42 Å². The van der Waals surface area contributed by atoms with Crippen LogP contribution >= 0.6 is 0 Å². The highest BCUT2D eigenvalue weighted by atomic mass is 16.3. The van der Waals surface area contributed by atoms with Crippen molar-refractivity contribution in [2.45, 2.75) is 27.3 Å². The summed E-state index contributed by atoms with van der Waals surface area (Å²) in [5, 5.41) is 3.00. The highest BCUT2D eigenvalue weighted by Gasteiger charge is 2.23. The van der Waals surface area contributed by atoms with Crippen LogP contribution in [0.2, 0.25) is 0 Å². The molecule has 2 aromatic carbocycles. The van der Waals surface area contributed by atoms with Crippen LogP contribution in [0.5, 0.6) is 0 Å². The number of carbonyl (C=O) groups excluding carboxylic acids is 2. The third-order valence-corrected chi connectivity index (χ3v) is 6.13. The molecule has 0 atom stereocenters. The number of rotatable bonds is 6. The monoisotopic (exact) mass is 449 g/mol. The Labute approximate surface area is 194 Å². The zero-order valence-electron chi connectivity index (χ0n) is 19.5. The van der Waals surface area contributed by atoms with Crippen LogP contribution in [0.15, 0.2) is 46.9 Å². The molecule has 8 heteroatoms. The lowest BCUT2D eigenvalue weighted by Gasteiger charge is -2.34. The number of piperazine rings is 1. The minimum Gasteiger partial charge on any atom is -0.439 e. The molecule has 1 aliphatic heterocycles. The Balaban J connectivity index is 1.34. The molecule has 0 spiro atoms. The fraction of sp³-hybridized carbons (Fsp3) is 0.400. The second-order valence-electron chi connectivity index (χ2n) is 8.28. The summed E-state index contributed by atoms with van der Waals surface area (Å²) in [7, 11) is 0. The molecular weight excluding hydrogens is 418 g/mol. The molecule has 1 aromatic heterocycles. The molecule has 33 heavy (non-hydrogen) atoms. The van der Waals surface area contributed by atoms with E-state index < -0.39 is 0 Å². The minimum absolute atomic E-state index is 0.00606. The number of urea groups is 1. The van der Waals surface area contributed by atoms with Gasteiger partial charge in [-0.25, -0.2) is 9.78 Å². The van der Waals surface area contributed by atoms with Gasteiger partial charge in [-0.15, -0.1) is 0 Å². The van der Waals surface area contributed by atoms with Crippen molar-refractivity contribution in [3.05, 3.63) is 59.5 Å². The largest absolute Gasteiger partial charge is 0.439 e. The maximum Gasteiger partial charge on any atom is 0.321 e. The van der Waals surface area contributed by atoms with Crippen molar-refractivity contribution >= 4 is 28.7 Å². The van der Waals surface area contributed by atoms with E-state index >= 15 is 0 Å². The van der Waals surface area contributed by atoms with Crippen LogP contribution in [0.3, 0.4) is 0 Å². The average Bonchev–Trinajstić information content (AvgIpc) is 3.23. The highest BCUT2D eigenvalue weighted by Crippen LogP contribution is 2.20. The molecule has 3 amide bonds. The quantitative estimate of drug-likeness (QED) is 0.616. The van der Waals surface area contributed by atoms with Crippen LogP contribution in [0.25, 0.3) is 11.1 Å². The summed E-state index contributed by atoms with van der Waals surface area (Å²) in [4.78, 5) is 35.7. The number of carbonyl (C=O) groups is 2. The lowest BCUT2D eigenvalue weighted by molar-refractivity contribution is 0.0773. The maximum absolute atomic E-state index is 12.6. The van der Waals surface area contributed by atoms with E-state index in [2.05, 4.69) is 15.2 Å². The first kappa shape index (κ1) is 22.8. The van der Waals surface area contributed by atoms with Crippen molar-refractivity contribution in [3.63, 3.8) is 0 Å². The first-order chi connectivity index (χ1) is 16.0. The van der Waals surface area contributed by atoms with Crippen molar-refractivity contribution in [2.24, 2.45) is 0 Å². The van der Waals surface area contributed by atoms with Gasteiger partial charge >= 0.3 is 6.03 Å². The second kappa shape index (κ2) is 10.0. The van der Waals surface area contributed by atoms with Crippen molar-refractivity contribution < 1.29 is 14.0 Å². The number of benzene rings is 2. The number of fused-ring (bicyclic) bond motifs is 1. The van der Waals surface area contributed by atoms with Gasteiger partial charge in [0.2, 0.25) is 5.89 Å². The summed E-state index contributed by atoms with van der Waals surface area (Å²) < 4.78 is 5.91. The van der Waals surface area contributed by atoms with Crippen molar-refractivity contribution in [1.29, 1.82) is 0 Å². The number of aryl methyl sites for hydroxylation is 1. The SMILES string of the molecule is CCN(CC)C(=O)c1ccc2oc(CN3CCN(C(=O)Nc4ccccc4C)CC3)nc2c1. The number of para-hydroxylation sites is 1. The maximum atomic E-state index is 12.6. The Morgan fingerprint density at radius 3 is 2.48 bits per heavy atom. The molecule has 0 bridgehead atoms.